The molecule has 1 fully saturated rings. The van der Waals surface area contributed by atoms with Gasteiger partial charge < -0.3 is 30.7 Å². The average molecular weight is 494 g/mol. The zero-order valence-electron chi connectivity index (χ0n) is 19.5. The lowest BCUT2D eigenvalue weighted by Gasteiger charge is -2.33. The summed E-state index contributed by atoms with van der Waals surface area (Å²) in [6, 6.07) is 16.6. The van der Waals surface area contributed by atoms with Crippen molar-refractivity contribution in [2.75, 3.05) is 35.7 Å². The van der Waals surface area contributed by atoms with E-state index in [4.69, 9.17) is 26.8 Å². The summed E-state index contributed by atoms with van der Waals surface area (Å²) in [5.41, 5.74) is 8.54. The molecule has 4 rings (SSSR count). The molecule has 1 aromatic heterocycles. The lowest BCUT2D eigenvalue weighted by molar-refractivity contribution is -0.111. The molecule has 0 saturated carbocycles. The van der Waals surface area contributed by atoms with Crippen LogP contribution in [0.1, 0.15) is 12.8 Å². The van der Waals surface area contributed by atoms with Gasteiger partial charge in [0.05, 0.1) is 12.8 Å². The number of aromatic nitrogens is 1. The minimum atomic E-state index is -0.312. The molecule has 35 heavy (non-hydrogen) atoms. The molecule has 4 N–H and O–H groups in total. The number of anilines is 4. The number of nitrogens with two attached hydrogens (primary N) is 1. The number of methoxy groups -OCH3 is 1. The number of ether oxygens (including phenoxy) is 2. The second-order valence-electron chi connectivity index (χ2n) is 8.16. The zero-order valence-corrected chi connectivity index (χ0v) is 20.2. The zero-order chi connectivity index (χ0) is 24.8. The van der Waals surface area contributed by atoms with Gasteiger partial charge in [0, 0.05) is 42.6 Å². The number of nitrogens with one attached hydrogen (secondary N) is 2. The summed E-state index contributed by atoms with van der Waals surface area (Å²) in [5, 5.41) is 6.31. The van der Waals surface area contributed by atoms with Crippen molar-refractivity contribution in [2.45, 2.75) is 18.9 Å². The van der Waals surface area contributed by atoms with Crippen LogP contribution in [-0.4, -0.2) is 37.1 Å². The van der Waals surface area contributed by atoms with Gasteiger partial charge in [-0.1, -0.05) is 24.2 Å². The third-order valence-corrected chi connectivity index (χ3v) is 5.87. The minimum Gasteiger partial charge on any atom is -0.494 e. The fraction of sp³-hybridized carbons (Fsp3) is 0.231. The number of piperidine rings is 1. The van der Waals surface area contributed by atoms with E-state index in [-0.39, 0.29) is 17.8 Å². The van der Waals surface area contributed by atoms with E-state index in [1.165, 1.54) is 6.08 Å². The number of benzene rings is 2. The van der Waals surface area contributed by atoms with Gasteiger partial charge in [-0.25, -0.2) is 0 Å². The predicted molar refractivity (Wildman–Crippen MR) is 140 cm³/mol. The summed E-state index contributed by atoms with van der Waals surface area (Å²) in [6.45, 7) is 5.25. The molecule has 1 atom stereocenters. The molecule has 1 aliphatic heterocycles. The summed E-state index contributed by atoms with van der Waals surface area (Å²) in [7, 11) is 1.63. The standard InChI is InChI=1S/C26H28ClN5O3/c1-3-25(33)29-18-7-4-8-20(14-18)35-26-21(27)10-12-24(31-26)30-22-11-9-19(15-23(22)34-2)32-13-5-6-17(28)16-32/h3-4,7-12,14-15,17H,1,5-6,13,16,28H2,2H3,(H,29,33)(H,30,31)/t17-/m1/s1. The Balaban J connectivity index is 1.51. The number of nitrogens with zero attached hydrogens (tertiary/aromatic N) is 2. The monoisotopic (exact) mass is 493 g/mol. The van der Waals surface area contributed by atoms with Gasteiger partial charge in [-0.05, 0) is 55.3 Å². The lowest BCUT2D eigenvalue weighted by atomic mass is 10.1. The van der Waals surface area contributed by atoms with Crippen LogP contribution in [0.15, 0.2) is 67.3 Å². The summed E-state index contributed by atoms with van der Waals surface area (Å²) in [5.74, 6) is 1.60. The Hall–Kier alpha value is -3.75. The average Bonchev–Trinajstić information content (AvgIpc) is 2.86. The maximum atomic E-state index is 11.6. The van der Waals surface area contributed by atoms with E-state index >= 15 is 0 Å². The SMILES string of the molecule is C=CC(=O)Nc1cccc(Oc2nc(Nc3ccc(N4CCC[C@@H](N)C4)cc3OC)ccc2Cl)c1. The van der Waals surface area contributed by atoms with Crippen LogP contribution in [0.5, 0.6) is 17.4 Å². The Labute approximate surface area is 209 Å². The molecule has 1 saturated heterocycles. The van der Waals surface area contributed by atoms with Crippen LogP contribution >= 0.6 is 11.6 Å². The third kappa shape index (κ3) is 6.23. The van der Waals surface area contributed by atoms with Crippen LogP contribution in [-0.2, 0) is 4.79 Å². The van der Waals surface area contributed by atoms with Crippen LogP contribution in [0.2, 0.25) is 5.02 Å². The Bertz CT molecular complexity index is 1220. The topological polar surface area (TPSA) is 102 Å². The molecule has 9 heteroatoms. The smallest absolute Gasteiger partial charge is 0.247 e. The molecule has 3 aromatic rings. The van der Waals surface area contributed by atoms with E-state index in [1.54, 1.807) is 43.5 Å². The van der Waals surface area contributed by atoms with E-state index in [9.17, 15) is 4.79 Å². The summed E-state index contributed by atoms with van der Waals surface area (Å²) < 4.78 is 11.5. The quantitative estimate of drug-likeness (QED) is 0.364. The molecule has 182 valence electrons. The van der Waals surface area contributed by atoms with Crippen molar-refractivity contribution >= 4 is 40.4 Å². The van der Waals surface area contributed by atoms with Crippen molar-refractivity contribution < 1.29 is 14.3 Å². The first-order valence-electron chi connectivity index (χ1n) is 11.3. The molecule has 1 aliphatic rings. The molecular formula is C26H28ClN5O3. The Morgan fingerprint density at radius 2 is 2.11 bits per heavy atom. The number of hydrogen-bond acceptors (Lipinski definition) is 7. The van der Waals surface area contributed by atoms with Crippen LogP contribution in [0, 0.1) is 0 Å². The Morgan fingerprint density at radius 3 is 2.89 bits per heavy atom. The van der Waals surface area contributed by atoms with Crippen molar-refractivity contribution in [1.29, 1.82) is 0 Å². The largest absolute Gasteiger partial charge is 0.494 e. The first-order chi connectivity index (χ1) is 16.9. The van der Waals surface area contributed by atoms with E-state index < -0.39 is 0 Å². The molecular weight excluding hydrogens is 466 g/mol. The molecule has 0 radical (unpaired) electrons. The number of pyridine rings is 1. The molecule has 2 aromatic carbocycles. The number of halogens is 1. The summed E-state index contributed by atoms with van der Waals surface area (Å²) in [6.07, 6.45) is 3.32. The molecule has 0 bridgehead atoms. The van der Waals surface area contributed by atoms with Gasteiger partial charge in [0.2, 0.25) is 11.8 Å². The van der Waals surface area contributed by atoms with Crippen LogP contribution < -0.4 is 30.7 Å². The van der Waals surface area contributed by atoms with E-state index in [0.717, 1.165) is 37.3 Å². The van der Waals surface area contributed by atoms with Crippen molar-refractivity contribution in [3.8, 4) is 17.4 Å². The van der Waals surface area contributed by atoms with E-state index in [2.05, 4.69) is 27.1 Å². The van der Waals surface area contributed by atoms with E-state index in [1.807, 2.05) is 18.2 Å². The van der Waals surface area contributed by atoms with Gasteiger partial charge in [0.15, 0.2) is 0 Å². The van der Waals surface area contributed by atoms with Gasteiger partial charge in [-0.15, -0.1) is 0 Å². The Kier molecular flexibility index (Phi) is 7.74. The fourth-order valence-corrected chi connectivity index (χ4v) is 4.01. The maximum Gasteiger partial charge on any atom is 0.247 e. The number of hydrogen-bond donors (Lipinski definition) is 3. The first kappa shape index (κ1) is 24.4. The lowest BCUT2D eigenvalue weighted by Crippen LogP contribution is -2.42. The molecule has 8 nitrogen and oxygen atoms in total. The van der Waals surface area contributed by atoms with Gasteiger partial charge >= 0.3 is 0 Å². The van der Waals surface area contributed by atoms with Gasteiger partial charge in [0.25, 0.3) is 0 Å². The Morgan fingerprint density at radius 1 is 1.26 bits per heavy atom. The number of carbonyl (C=O) groups excluding carboxylic acids is 1. The second-order valence-corrected chi connectivity index (χ2v) is 8.57. The maximum absolute atomic E-state index is 11.6. The van der Waals surface area contributed by atoms with Crippen LogP contribution in [0.25, 0.3) is 0 Å². The fourth-order valence-electron chi connectivity index (χ4n) is 3.87. The number of amides is 1. The van der Waals surface area contributed by atoms with Crippen molar-refractivity contribution in [3.05, 3.63) is 72.3 Å². The summed E-state index contributed by atoms with van der Waals surface area (Å²) >= 11 is 6.33. The predicted octanol–water partition coefficient (Wildman–Crippen LogP) is 5.33. The van der Waals surface area contributed by atoms with Crippen molar-refractivity contribution in [3.63, 3.8) is 0 Å². The van der Waals surface area contributed by atoms with Crippen molar-refractivity contribution in [1.82, 2.24) is 4.98 Å². The second kappa shape index (κ2) is 11.1. The minimum absolute atomic E-state index is 0.184. The van der Waals surface area contributed by atoms with Gasteiger partial charge in [-0.2, -0.15) is 4.98 Å². The van der Waals surface area contributed by atoms with Gasteiger partial charge in [0.1, 0.15) is 22.3 Å². The third-order valence-electron chi connectivity index (χ3n) is 5.59. The number of rotatable bonds is 8. The normalized spacial score (nSPS) is 15.3. The highest BCUT2D eigenvalue weighted by Crippen LogP contribution is 2.35. The molecule has 2 heterocycles. The number of carbonyl (C=O) groups is 1. The highest BCUT2D eigenvalue weighted by atomic mass is 35.5. The highest BCUT2D eigenvalue weighted by molar-refractivity contribution is 6.31. The van der Waals surface area contributed by atoms with Crippen molar-refractivity contribution in [2.24, 2.45) is 5.73 Å². The van der Waals surface area contributed by atoms with E-state index in [0.29, 0.717) is 28.0 Å². The highest BCUT2D eigenvalue weighted by Gasteiger charge is 2.18. The summed E-state index contributed by atoms with van der Waals surface area (Å²) in [4.78, 5) is 18.4. The first-order valence-corrected chi connectivity index (χ1v) is 11.7. The van der Waals surface area contributed by atoms with Crippen LogP contribution in [0.3, 0.4) is 0 Å². The van der Waals surface area contributed by atoms with Crippen LogP contribution in [0.4, 0.5) is 22.9 Å². The molecule has 0 unspecified atom stereocenters. The molecule has 1 amide bonds. The molecule has 0 spiro atoms. The van der Waals surface area contributed by atoms with Gasteiger partial charge in [-0.3, -0.25) is 4.79 Å². The molecule has 0 aliphatic carbocycles.